The molecule has 4 aromatic rings. The molecule has 0 fully saturated rings. The van der Waals surface area contributed by atoms with Gasteiger partial charge in [0, 0.05) is 5.39 Å². The standard InChI is InChI=1S/C8H6O.C4H4S.C4H4Se/c1-2-4-8-7(3-1)5-6-9-8;2*1-2-4-5-3-1/h1-6H;2*1-4H. The van der Waals surface area contributed by atoms with Gasteiger partial charge in [-0.15, -0.1) is 0 Å². The first-order valence-electron chi connectivity index (χ1n) is 5.83. The van der Waals surface area contributed by atoms with Gasteiger partial charge < -0.3 is 4.42 Å². The van der Waals surface area contributed by atoms with Gasteiger partial charge in [-0.25, -0.2) is 0 Å². The zero-order valence-electron chi connectivity index (χ0n) is 10.3. The van der Waals surface area contributed by atoms with E-state index in [2.05, 4.69) is 22.0 Å². The second-order valence-electron chi connectivity index (χ2n) is 3.54. The van der Waals surface area contributed by atoms with E-state index < -0.39 is 0 Å². The molecule has 0 bridgehead atoms. The second-order valence-corrected chi connectivity index (χ2v) is 6.07. The minimum atomic E-state index is 0.708. The Hall–Kier alpha value is -1.54. The minimum absolute atomic E-state index is 0.708. The molecule has 3 heterocycles. The predicted octanol–water partition coefficient (Wildman–Crippen LogP) is 4.92. The molecule has 1 aromatic carbocycles. The fraction of sp³-hybridized carbons (Fsp3) is 0. The van der Waals surface area contributed by atoms with Crippen LogP contribution in [-0.4, -0.2) is 14.5 Å². The molecule has 0 atom stereocenters. The Morgan fingerprint density at radius 3 is 2.05 bits per heavy atom. The van der Waals surface area contributed by atoms with Crippen LogP contribution in [0.25, 0.3) is 11.0 Å². The first kappa shape index (κ1) is 13.9. The molecule has 0 amide bonds. The zero-order valence-corrected chi connectivity index (χ0v) is 12.8. The van der Waals surface area contributed by atoms with Crippen LogP contribution in [0.2, 0.25) is 0 Å². The van der Waals surface area contributed by atoms with Crippen LogP contribution in [0.5, 0.6) is 0 Å². The summed E-state index contributed by atoms with van der Waals surface area (Å²) in [7, 11) is 0. The molecule has 0 unspecified atom stereocenters. The van der Waals surface area contributed by atoms with Gasteiger partial charge in [0.1, 0.15) is 5.58 Å². The quantitative estimate of drug-likeness (QED) is 0.416. The van der Waals surface area contributed by atoms with E-state index in [-0.39, 0.29) is 0 Å². The van der Waals surface area contributed by atoms with Crippen LogP contribution in [0.3, 0.4) is 0 Å². The molecule has 0 spiro atoms. The number of furan rings is 1. The zero-order chi connectivity index (χ0) is 13.2. The number of thiophene rings is 1. The van der Waals surface area contributed by atoms with Crippen molar-refractivity contribution in [3.63, 3.8) is 0 Å². The van der Waals surface area contributed by atoms with Crippen molar-refractivity contribution < 1.29 is 4.42 Å². The molecule has 0 aliphatic heterocycles. The van der Waals surface area contributed by atoms with Crippen molar-refractivity contribution in [3.05, 3.63) is 81.5 Å². The topological polar surface area (TPSA) is 13.1 Å². The van der Waals surface area contributed by atoms with Crippen molar-refractivity contribution in [2.45, 2.75) is 0 Å². The first-order chi connectivity index (χ1) is 9.47. The van der Waals surface area contributed by atoms with Gasteiger partial charge in [-0.05, 0) is 22.9 Å². The van der Waals surface area contributed by atoms with Gasteiger partial charge in [0.2, 0.25) is 0 Å². The normalized spacial score (nSPS) is 9.05. The maximum atomic E-state index is 5.12. The first-order valence-corrected chi connectivity index (χ1v) is 8.75. The molecule has 0 aliphatic carbocycles. The van der Waals surface area contributed by atoms with Crippen LogP contribution in [0.4, 0.5) is 0 Å². The number of hydrogen-bond donors (Lipinski definition) is 0. The summed E-state index contributed by atoms with van der Waals surface area (Å²) in [6, 6.07) is 18.1. The van der Waals surface area contributed by atoms with E-state index >= 15 is 0 Å². The Morgan fingerprint density at radius 1 is 0.789 bits per heavy atom. The molecule has 19 heavy (non-hydrogen) atoms. The van der Waals surface area contributed by atoms with E-state index in [1.807, 2.05) is 53.2 Å². The molecule has 0 aliphatic rings. The third-order valence-corrected chi connectivity index (χ3v) is 4.16. The predicted molar refractivity (Wildman–Crippen MR) is 83.9 cm³/mol. The second kappa shape index (κ2) is 8.54. The van der Waals surface area contributed by atoms with Gasteiger partial charge >= 0.3 is 36.5 Å². The van der Waals surface area contributed by atoms with Crippen molar-refractivity contribution in [3.8, 4) is 0 Å². The molecule has 0 saturated carbocycles. The molecule has 3 heteroatoms. The Kier molecular flexibility index (Phi) is 6.24. The summed E-state index contributed by atoms with van der Waals surface area (Å²) in [6.07, 6.45) is 1.70. The van der Waals surface area contributed by atoms with E-state index in [4.69, 9.17) is 4.42 Å². The number of fused-ring (bicyclic) bond motifs is 1. The van der Waals surface area contributed by atoms with Crippen LogP contribution in [0, 0.1) is 0 Å². The molecular formula is C16H14OSSe. The van der Waals surface area contributed by atoms with Crippen LogP contribution in [0.15, 0.2) is 85.9 Å². The molecule has 96 valence electrons. The summed E-state index contributed by atoms with van der Waals surface area (Å²) >= 11 is 2.42. The van der Waals surface area contributed by atoms with Crippen molar-refractivity contribution >= 4 is 36.8 Å². The van der Waals surface area contributed by atoms with Gasteiger partial charge in [-0.1, -0.05) is 30.3 Å². The molecule has 4 rings (SSSR count). The summed E-state index contributed by atoms with van der Waals surface area (Å²) in [6.45, 7) is 0. The van der Waals surface area contributed by atoms with Crippen LogP contribution < -0.4 is 0 Å². The Morgan fingerprint density at radius 2 is 1.53 bits per heavy atom. The van der Waals surface area contributed by atoms with E-state index in [0.29, 0.717) is 14.5 Å². The fourth-order valence-corrected chi connectivity index (χ4v) is 2.77. The number of rotatable bonds is 0. The van der Waals surface area contributed by atoms with Gasteiger partial charge in [0.05, 0.1) is 6.26 Å². The Labute approximate surface area is 122 Å². The minimum Gasteiger partial charge on any atom is -0.464 e. The van der Waals surface area contributed by atoms with Crippen molar-refractivity contribution in [2.75, 3.05) is 0 Å². The van der Waals surface area contributed by atoms with Crippen molar-refractivity contribution in [1.29, 1.82) is 0 Å². The van der Waals surface area contributed by atoms with Gasteiger partial charge in [0.15, 0.2) is 0 Å². The maximum absolute atomic E-state index is 5.12. The third kappa shape index (κ3) is 5.31. The molecule has 0 N–H and O–H groups in total. The van der Waals surface area contributed by atoms with Crippen molar-refractivity contribution in [2.24, 2.45) is 0 Å². The molecule has 3 aromatic heterocycles. The average molecular weight is 333 g/mol. The summed E-state index contributed by atoms with van der Waals surface area (Å²) in [5.74, 6) is 0. The molecule has 0 saturated heterocycles. The fourth-order valence-electron chi connectivity index (χ4n) is 1.36. The number of benzene rings is 1. The SMILES string of the molecule is c1cc[se]c1.c1ccc2occc2c1.c1ccsc1. The van der Waals surface area contributed by atoms with Gasteiger partial charge in [-0.3, -0.25) is 0 Å². The largest absolute Gasteiger partial charge is 0.464 e. The smallest absolute Gasteiger partial charge is 0.133 e. The van der Waals surface area contributed by atoms with E-state index in [9.17, 15) is 0 Å². The Balaban J connectivity index is 0.000000114. The average Bonchev–Trinajstić information content (AvgIpc) is 3.22. The third-order valence-electron chi connectivity index (χ3n) is 2.21. The van der Waals surface area contributed by atoms with E-state index in [0.717, 1.165) is 11.0 Å². The summed E-state index contributed by atoms with van der Waals surface area (Å²) in [5, 5.41) is 5.25. The summed E-state index contributed by atoms with van der Waals surface area (Å²) < 4.78 is 5.12. The summed E-state index contributed by atoms with van der Waals surface area (Å²) in [5.41, 5.74) is 0.956. The van der Waals surface area contributed by atoms with Crippen LogP contribution in [-0.2, 0) is 0 Å². The summed E-state index contributed by atoms with van der Waals surface area (Å²) in [4.78, 5) is 4.38. The van der Waals surface area contributed by atoms with Gasteiger partial charge in [0.25, 0.3) is 0 Å². The Bertz CT molecular complexity index is 547. The number of hydrogen-bond acceptors (Lipinski definition) is 2. The van der Waals surface area contributed by atoms with Gasteiger partial charge in [-0.2, -0.15) is 11.3 Å². The monoisotopic (exact) mass is 334 g/mol. The van der Waals surface area contributed by atoms with Crippen LogP contribution in [0.1, 0.15) is 0 Å². The van der Waals surface area contributed by atoms with E-state index in [1.54, 1.807) is 17.6 Å². The molecule has 0 radical (unpaired) electrons. The molecule has 1 nitrogen and oxygen atoms in total. The maximum Gasteiger partial charge on any atom is 0.133 e. The molecular weight excluding hydrogens is 319 g/mol. The number of para-hydroxylation sites is 1. The van der Waals surface area contributed by atoms with Crippen LogP contribution >= 0.6 is 11.3 Å². The van der Waals surface area contributed by atoms with Crippen molar-refractivity contribution in [1.82, 2.24) is 0 Å². The van der Waals surface area contributed by atoms with E-state index in [1.165, 1.54) is 0 Å².